The zero-order valence-corrected chi connectivity index (χ0v) is 9.04. The van der Waals surface area contributed by atoms with Crippen molar-refractivity contribution in [3.8, 4) is 0 Å². The molecule has 1 aromatic rings. The maximum absolute atomic E-state index is 10.8. The van der Waals surface area contributed by atoms with E-state index in [0.29, 0.717) is 10.7 Å². The molecule has 0 unspecified atom stereocenters. The molecule has 0 bridgehead atoms. The van der Waals surface area contributed by atoms with Crippen LogP contribution in [0.5, 0.6) is 0 Å². The SMILES string of the molecule is CS(=O)(=O)Nc1ccc(Cl)cc1Cl. The second-order valence-electron chi connectivity index (χ2n) is 2.50. The van der Waals surface area contributed by atoms with Crippen LogP contribution in [0, 0.1) is 0 Å². The van der Waals surface area contributed by atoms with E-state index in [1.54, 1.807) is 6.07 Å². The van der Waals surface area contributed by atoms with Crippen LogP contribution in [0.3, 0.4) is 0 Å². The van der Waals surface area contributed by atoms with Crippen molar-refractivity contribution >= 4 is 38.9 Å². The molecule has 0 heterocycles. The largest absolute Gasteiger partial charge is 0.282 e. The molecule has 0 amide bonds. The zero-order valence-electron chi connectivity index (χ0n) is 6.71. The smallest absolute Gasteiger partial charge is 0.229 e. The Balaban J connectivity index is 3.04. The van der Waals surface area contributed by atoms with Gasteiger partial charge in [0.25, 0.3) is 0 Å². The highest BCUT2D eigenvalue weighted by Gasteiger charge is 2.05. The molecule has 0 fully saturated rings. The van der Waals surface area contributed by atoms with Gasteiger partial charge in [-0.2, -0.15) is 0 Å². The van der Waals surface area contributed by atoms with Crippen LogP contribution in [0.1, 0.15) is 0 Å². The van der Waals surface area contributed by atoms with Crippen molar-refractivity contribution < 1.29 is 8.42 Å². The molecule has 0 aliphatic rings. The fourth-order valence-electron chi connectivity index (χ4n) is 0.772. The quantitative estimate of drug-likeness (QED) is 0.862. The van der Waals surface area contributed by atoms with Crippen LogP contribution in [-0.4, -0.2) is 14.7 Å². The molecule has 1 rings (SSSR count). The van der Waals surface area contributed by atoms with Gasteiger partial charge in [0.2, 0.25) is 10.0 Å². The molecule has 0 aromatic heterocycles. The summed E-state index contributed by atoms with van der Waals surface area (Å²) in [6, 6.07) is 4.53. The maximum atomic E-state index is 10.8. The van der Waals surface area contributed by atoms with Gasteiger partial charge in [-0.15, -0.1) is 0 Å². The number of hydrogen-bond donors (Lipinski definition) is 1. The summed E-state index contributed by atoms with van der Waals surface area (Å²) in [7, 11) is -3.29. The monoisotopic (exact) mass is 239 g/mol. The number of hydrogen-bond acceptors (Lipinski definition) is 2. The Bertz CT molecular complexity index is 417. The molecule has 0 aliphatic carbocycles. The first kappa shape index (κ1) is 10.6. The highest BCUT2D eigenvalue weighted by atomic mass is 35.5. The molecule has 1 aromatic carbocycles. The predicted octanol–water partition coefficient (Wildman–Crippen LogP) is 2.36. The molecule has 0 saturated carbocycles. The van der Waals surface area contributed by atoms with Crippen molar-refractivity contribution in [1.82, 2.24) is 0 Å². The number of benzene rings is 1. The van der Waals surface area contributed by atoms with E-state index in [2.05, 4.69) is 4.72 Å². The van der Waals surface area contributed by atoms with Crippen LogP contribution in [0.25, 0.3) is 0 Å². The van der Waals surface area contributed by atoms with E-state index in [1.165, 1.54) is 12.1 Å². The first-order chi connectivity index (χ1) is 5.88. The standard InChI is InChI=1S/C7H7Cl2NO2S/c1-13(11,12)10-7-3-2-5(8)4-6(7)9/h2-4,10H,1H3. The first-order valence-electron chi connectivity index (χ1n) is 3.31. The van der Waals surface area contributed by atoms with Crippen LogP contribution >= 0.6 is 23.2 Å². The molecule has 72 valence electrons. The number of anilines is 1. The Hall–Kier alpha value is -0.450. The summed E-state index contributed by atoms with van der Waals surface area (Å²) < 4.78 is 23.9. The molecule has 0 saturated heterocycles. The van der Waals surface area contributed by atoms with Gasteiger partial charge >= 0.3 is 0 Å². The molecule has 3 nitrogen and oxygen atoms in total. The Kier molecular flexibility index (Phi) is 3.05. The number of halogens is 2. The summed E-state index contributed by atoms with van der Waals surface area (Å²) >= 11 is 11.4. The maximum Gasteiger partial charge on any atom is 0.229 e. The van der Waals surface area contributed by atoms with Crippen molar-refractivity contribution in [2.45, 2.75) is 0 Å². The van der Waals surface area contributed by atoms with Gasteiger partial charge in [0.1, 0.15) is 0 Å². The highest BCUT2D eigenvalue weighted by molar-refractivity contribution is 7.92. The van der Waals surface area contributed by atoms with Gasteiger partial charge in [0.05, 0.1) is 17.0 Å². The lowest BCUT2D eigenvalue weighted by molar-refractivity contribution is 0.607. The third-order valence-corrected chi connectivity index (χ3v) is 2.36. The predicted molar refractivity (Wildman–Crippen MR) is 54.9 cm³/mol. The molecule has 6 heteroatoms. The van der Waals surface area contributed by atoms with E-state index >= 15 is 0 Å². The summed E-state index contributed by atoms with van der Waals surface area (Å²) in [5, 5.41) is 0.738. The third kappa shape index (κ3) is 3.42. The van der Waals surface area contributed by atoms with Crippen LogP contribution < -0.4 is 4.72 Å². The molecule has 0 aliphatic heterocycles. The fraction of sp³-hybridized carbons (Fsp3) is 0.143. The molecule has 13 heavy (non-hydrogen) atoms. The minimum absolute atomic E-state index is 0.276. The summed E-state index contributed by atoms with van der Waals surface area (Å²) in [4.78, 5) is 0. The third-order valence-electron chi connectivity index (χ3n) is 1.23. The number of nitrogens with one attached hydrogen (secondary N) is 1. The number of sulfonamides is 1. The van der Waals surface area contributed by atoms with Gasteiger partial charge < -0.3 is 0 Å². The van der Waals surface area contributed by atoms with Crippen molar-refractivity contribution in [1.29, 1.82) is 0 Å². The number of rotatable bonds is 2. The average molecular weight is 240 g/mol. The van der Waals surface area contributed by atoms with Gasteiger partial charge in [-0.1, -0.05) is 23.2 Å². The topological polar surface area (TPSA) is 46.2 Å². The first-order valence-corrected chi connectivity index (χ1v) is 5.96. The van der Waals surface area contributed by atoms with Crippen LogP contribution in [0.15, 0.2) is 18.2 Å². The minimum atomic E-state index is -3.29. The van der Waals surface area contributed by atoms with Crippen molar-refractivity contribution in [2.75, 3.05) is 11.0 Å². The van der Waals surface area contributed by atoms with Crippen molar-refractivity contribution in [3.05, 3.63) is 28.2 Å². The van der Waals surface area contributed by atoms with E-state index in [-0.39, 0.29) is 5.02 Å². The normalized spacial score (nSPS) is 11.3. The van der Waals surface area contributed by atoms with E-state index in [4.69, 9.17) is 23.2 Å². The Morgan fingerprint density at radius 2 is 1.92 bits per heavy atom. The van der Waals surface area contributed by atoms with Gasteiger partial charge in [-0.05, 0) is 18.2 Å². The van der Waals surface area contributed by atoms with E-state index in [1.807, 2.05) is 0 Å². The molecule has 0 spiro atoms. The Labute approximate surface area is 86.7 Å². The lowest BCUT2D eigenvalue weighted by Gasteiger charge is -2.05. The van der Waals surface area contributed by atoms with Gasteiger partial charge in [-0.25, -0.2) is 8.42 Å². The highest BCUT2D eigenvalue weighted by Crippen LogP contribution is 2.25. The molecular formula is C7H7Cl2NO2S. The summed E-state index contributed by atoms with van der Waals surface area (Å²) in [6.07, 6.45) is 1.05. The zero-order chi connectivity index (χ0) is 10.1. The second kappa shape index (κ2) is 3.74. The van der Waals surface area contributed by atoms with Gasteiger partial charge in [-0.3, -0.25) is 4.72 Å². The van der Waals surface area contributed by atoms with Crippen LogP contribution in [0.4, 0.5) is 5.69 Å². The fourth-order valence-corrected chi connectivity index (χ4v) is 1.86. The van der Waals surface area contributed by atoms with Crippen molar-refractivity contribution in [2.24, 2.45) is 0 Å². The second-order valence-corrected chi connectivity index (χ2v) is 5.09. The molecular weight excluding hydrogens is 233 g/mol. The lowest BCUT2D eigenvalue weighted by atomic mass is 10.3. The van der Waals surface area contributed by atoms with E-state index < -0.39 is 10.0 Å². The van der Waals surface area contributed by atoms with Crippen LogP contribution in [-0.2, 0) is 10.0 Å². The Morgan fingerprint density at radius 1 is 1.31 bits per heavy atom. The lowest BCUT2D eigenvalue weighted by Crippen LogP contribution is -2.09. The molecule has 1 N–H and O–H groups in total. The van der Waals surface area contributed by atoms with E-state index in [9.17, 15) is 8.42 Å². The Morgan fingerprint density at radius 3 is 2.38 bits per heavy atom. The summed E-state index contributed by atoms with van der Waals surface area (Å²) in [5.41, 5.74) is 0.327. The summed E-state index contributed by atoms with van der Waals surface area (Å²) in [5.74, 6) is 0. The molecule has 0 atom stereocenters. The van der Waals surface area contributed by atoms with Gasteiger partial charge in [0, 0.05) is 5.02 Å². The van der Waals surface area contributed by atoms with Crippen molar-refractivity contribution in [3.63, 3.8) is 0 Å². The minimum Gasteiger partial charge on any atom is -0.282 e. The van der Waals surface area contributed by atoms with Crippen LogP contribution in [0.2, 0.25) is 10.0 Å². The van der Waals surface area contributed by atoms with E-state index in [0.717, 1.165) is 6.26 Å². The van der Waals surface area contributed by atoms with Gasteiger partial charge in [0.15, 0.2) is 0 Å². The molecule has 0 radical (unpaired) electrons. The summed E-state index contributed by atoms with van der Waals surface area (Å²) in [6.45, 7) is 0. The average Bonchev–Trinajstić information content (AvgIpc) is 1.93.